The van der Waals surface area contributed by atoms with E-state index in [0.29, 0.717) is 11.4 Å². The molecule has 0 aliphatic heterocycles. The number of nitrogens with zero attached hydrogens (tertiary/aromatic N) is 2. The molecule has 0 heterocycles. The summed E-state index contributed by atoms with van der Waals surface area (Å²) in [5, 5.41) is 15.0. The fraction of sp³-hybridized carbons (Fsp3) is 0.333. The van der Waals surface area contributed by atoms with E-state index in [4.69, 9.17) is 21.1 Å². The maximum atomic E-state index is 13.7. The molecule has 1 atom stereocenters. The van der Waals surface area contributed by atoms with Gasteiger partial charge in [0.25, 0.3) is 5.91 Å². The first-order chi connectivity index (χ1) is 19.3. The summed E-state index contributed by atoms with van der Waals surface area (Å²) in [6, 6.07) is 20.0. The standard InChI is InChI=1S/C30H32ClN3O6/c1-39-28-18-25(15-16-26(28)34(37)38)40-20-29(35)33(19-22-11-13-23(31)14-12-22)27(17-21-7-3-2-4-8-21)30(36)32-24-9-5-6-10-24/h2-4,7-8,11-16,18,24,27H,5-6,9-10,17,19-20H2,1H3,(H,32,36)/t27-/m1/s1. The van der Waals surface area contributed by atoms with Gasteiger partial charge >= 0.3 is 5.69 Å². The van der Waals surface area contributed by atoms with Gasteiger partial charge in [-0.3, -0.25) is 19.7 Å². The van der Waals surface area contributed by atoms with Gasteiger partial charge < -0.3 is 19.7 Å². The van der Waals surface area contributed by atoms with Crippen molar-refractivity contribution < 1.29 is 24.0 Å². The van der Waals surface area contributed by atoms with E-state index in [1.807, 2.05) is 42.5 Å². The van der Waals surface area contributed by atoms with Crippen LogP contribution in [0.2, 0.25) is 5.02 Å². The zero-order valence-corrected chi connectivity index (χ0v) is 23.0. The van der Waals surface area contributed by atoms with Crippen molar-refractivity contribution in [1.82, 2.24) is 10.2 Å². The number of carbonyl (C=O) groups is 2. The number of rotatable bonds is 12. The van der Waals surface area contributed by atoms with Crippen LogP contribution >= 0.6 is 11.6 Å². The van der Waals surface area contributed by atoms with Gasteiger partial charge in [0, 0.05) is 36.2 Å². The van der Waals surface area contributed by atoms with Crippen molar-refractivity contribution in [2.75, 3.05) is 13.7 Å². The van der Waals surface area contributed by atoms with Crippen molar-refractivity contribution >= 4 is 29.1 Å². The largest absolute Gasteiger partial charge is 0.490 e. The first kappa shape index (κ1) is 28.9. The van der Waals surface area contributed by atoms with Crippen LogP contribution in [-0.4, -0.2) is 47.4 Å². The number of amides is 2. The summed E-state index contributed by atoms with van der Waals surface area (Å²) < 4.78 is 10.9. The Balaban J connectivity index is 1.61. The molecule has 210 valence electrons. The molecule has 0 radical (unpaired) electrons. The molecule has 40 heavy (non-hydrogen) atoms. The molecular weight excluding hydrogens is 534 g/mol. The Morgan fingerprint density at radius 2 is 1.75 bits per heavy atom. The highest BCUT2D eigenvalue weighted by molar-refractivity contribution is 6.30. The monoisotopic (exact) mass is 565 g/mol. The van der Waals surface area contributed by atoms with E-state index in [1.165, 1.54) is 30.2 Å². The van der Waals surface area contributed by atoms with E-state index in [9.17, 15) is 19.7 Å². The van der Waals surface area contributed by atoms with Gasteiger partial charge in [-0.25, -0.2) is 0 Å². The Morgan fingerprint density at radius 3 is 2.40 bits per heavy atom. The van der Waals surface area contributed by atoms with Crippen molar-refractivity contribution in [3.63, 3.8) is 0 Å². The lowest BCUT2D eigenvalue weighted by Gasteiger charge is -2.32. The van der Waals surface area contributed by atoms with Crippen LogP contribution in [-0.2, 0) is 22.6 Å². The van der Waals surface area contributed by atoms with Crippen LogP contribution in [0.5, 0.6) is 11.5 Å². The Labute approximate surface area is 238 Å². The molecule has 0 saturated heterocycles. The third-order valence-electron chi connectivity index (χ3n) is 6.95. The molecule has 10 heteroatoms. The summed E-state index contributed by atoms with van der Waals surface area (Å²) in [5.74, 6) is -0.368. The van der Waals surface area contributed by atoms with Gasteiger partial charge in [-0.2, -0.15) is 0 Å². The highest BCUT2D eigenvalue weighted by Crippen LogP contribution is 2.31. The summed E-state index contributed by atoms with van der Waals surface area (Å²) in [5.41, 5.74) is 1.52. The Bertz CT molecular complexity index is 1310. The minimum Gasteiger partial charge on any atom is -0.490 e. The normalized spacial score (nSPS) is 13.8. The van der Waals surface area contributed by atoms with E-state index in [0.717, 1.165) is 36.8 Å². The minimum absolute atomic E-state index is 0.0193. The summed E-state index contributed by atoms with van der Waals surface area (Å²) in [6.45, 7) is -0.213. The number of benzene rings is 3. The third kappa shape index (κ3) is 7.72. The molecule has 9 nitrogen and oxygen atoms in total. The highest BCUT2D eigenvalue weighted by Gasteiger charge is 2.32. The Hall–Kier alpha value is -4.11. The number of nitrogens with one attached hydrogen (secondary N) is 1. The predicted molar refractivity (Wildman–Crippen MR) is 151 cm³/mol. The molecule has 1 N–H and O–H groups in total. The third-order valence-corrected chi connectivity index (χ3v) is 7.20. The maximum absolute atomic E-state index is 13.7. The molecule has 1 fully saturated rings. The van der Waals surface area contributed by atoms with E-state index in [1.54, 1.807) is 12.1 Å². The molecule has 4 rings (SSSR count). The smallest absolute Gasteiger partial charge is 0.311 e. The molecule has 1 aliphatic carbocycles. The van der Waals surface area contributed by atoms with E-state index >= 15 is 0 Å². The first-order valence-corrected chi connectivity index (χ1v) is 13.5. The van der Waals surface area contributed by atoms with Crippen molar-refractivity contribution in [3.05, 3.63) is 99.1 Å². The van der Waals surface area contributed by atoms with E-state index in [2.05, 4.69) is 5.32 Å². The van der Waals surface area contributed by atoms with Gasteiger partial charge in [0.05, 0.1) is 12.0 Å². The molecule has 3 aromatic carbocycles. The van der Waals surface area contributed by atoms with Gasteiger partial charge in [-0.15, -0.1) is 0 Å². The molecule has 0 unspecified atom stereocenters. The van der Waals surface area contributed by atoms with Crippen LogP contribution in [0.1, 0.15) is 36.8 Å². The lowest BCUT2D eigenvalue weighted by molar-refractivity contribution is -0.385. The van der Waals surface area contributed by atoms with Crippen molar-refractivity contribution in [2.45, 2.75) is 50.7 Å². The zero-order chi connectivity index (χ0) is 28.5. The van der Waals surface area contributed by atoms with Crippen LogP contribution in [0.25, 0.3) is 0 Å². The van der Waals surface area contributed by atoms with Gasteiger partial charge in [0.1, 0.15) is 11.8 Å². The Morgan fingerprint density at radius 1 is 1.05 bits per heavy atom. The molecule has 0 bridgehead atoms. The second kappa shape index (κ2) is 13.8. The zero-order valence-electron chi connectivity index (χ0n) is 22.3. The summed E-state index contributed by atoms with van der Waals surface area (Å²) in [6.07, 6.45) is 4.28. The van der Waals surface area contributed by atoms with Crippen molar-refractivity contribution in [3.8, 4) is 11.5 Å². The van der Waals surface area contributed by atoms with Gasteiger partial charge in [0.15, 0.2) is 6.61 Å². The van der Waals surface area contributed by atoms with Gasteiger partial charge in [-0.05, 0) is 42.2 Å². The highest BCUT2D eigenvalue weighted by atomic mass is 35.5. The number of halogens is 1. The summed E-state index contributed by atoms with van der Waals surface area (Å²) in [4.78, 5) is 39.7. The fourth-order valence-corrected chi connectivity index (χ4v) is 4.96. The molecule has 0 aromatic heterocycles. The van der Waals surface area contributed by atoms with Crippen LogP contribution in [0.15, 0.2) is 72.8 Å². The lowest BCUT2D eigenvalue weighted by atomic mass is 10.0. The van der Waals surface area contributed by atoms with Gasteiger partial charge in [-0.1, -0.05) is 66.9 Å². The number of hydrogen-bond acceptors (Lipinski definition) is 6. The summed E-state index contributed by atoms with van der Waals surface area (Å²) >= 11 is 6.08. The van der Waals surface area contributed by atoms with Crippen LogP contribution in [0.3, 0.4) is 0 Å². The van der Waals surface area contributed by atoms with E-state index < -0.39 is 16.9 Å². The lowest BCUT2D eigenvalue weighted by Crippen LogP contribution is -2.53. The molecule has 3 aromatic rings. The second-order valence-electron chi connectivity index (χ2n) is 9.72. The number of hydrogen-bond donors (Lipinski definition) is 1. The quantitative estimate of drug-likeness (QED) is 0.234. The summed E-state index contributed by atoms with van der Waals surface area (Å²) in [7, 11) is 1.32. The average Bonchev–Trinajstić information content (AvgIpc) is 3.47. The number of nitro groups is 1. The molecule has 1 saturated carbocycles. The topological polar surface area (TPSA) is 111 Å². The number of methoxy groups -OCH3 is 1. The van der Waals surface area contributed by atoms with Crippen molar-refractivity contribution in [2.24, 2.45) is 0 Å². The average molecular weight is 566 g/mol. The number of carbonyl (C=O) groups excluding carboxylic acids is 2. The maximum Gasteiger partial charge on any atom is 0.311 e. The second-order valence-corrected chi connectivity index (χ2v) is 10.2. The molecular formula is C30H32ClN3O6. The molecule has 1 aliphatic rings. The van der Waals surface area contributed by atoms with E-state index in [-0.39, 0.29) is 42.3 Å². The molecule has 0 spiro atoms. The van der Waals surface area contributed by atoms with Crippen LogP contribution < -0.4 is 14.8 Å². The fourth-order valence-electron chi connectivity index (χ4n) is 4.83. The SMILES string of the molecule is COc1cc(OCC(=O)N(Cc2ccc(Cl)cc2)[C@H](Cc2ccccc2)C(=O)NC2CCCC2)ccc1[N+](=O)[O-]. The Kier molecular flexibility index (Phi) is 9.96. The number of ether oxygens (including phenoxy) is 2. The van der Waals surface area contributed by atoms with Gasteiger partial charge in [0.2, 0.25) is 11.7 Å². The number of nitro benzene ring substituents is 1. The molecule has 2 amide bonds. The predicted octanol–water partition coefficient (Wildman–Crippen LogP) is 5.33. The van der Waals surface area contributed by atoms with Crippen LogP contribution in [0, 0.1) is 10.1 Å². The van der Waals surface area contributed by atoms with Crippen molar-refractivity contribution in [1.29, 1.82) is 0 Å². The first-order valence-electron chi connectivity index (χ1n) is 13.2. The minimum atomic E-state index is -0.791. The van der Waals surface area contributed by atoms with Crippen LogP contribution in [0.4, 0.5) is 5.69 Å².